The molecule has 0 radical (unpaired) electrons. The molecule has 2 aromatic carbocycles. The number of hydrogen-bond acceptors (Lipinski definition) is 0. The van der Waals surface area contributed by atoms with Crippen LogP contribution < -0.4 is 0 Å². The van der Waals surface area contributed by atoms with Crippen LogP contribution in [0.15, 0.2) is 102 Å². The second-order valence-electron chi connectivity index (χ2n) is 13.0. The zero-order valence-electron chi connectivity index (χ0n) is 24.5. The zero-order valence-corrected chi connectivity index (χ0v) is 26.9. The molecule has 2 aromatic rings. The van der Waals surface area contributed by atoms with E-state index < -0.39 is 20.3 Å². The second-order valence-corrected chi connectivity index (χ2v) is 23.0. The Balaban J connectivity index is 1.48. The molecule has 0 heterocycles. The maximum atomic E-state index is 2.71. The van der Waals surface area contributed by atoms with Gasteiger partial charge in [-0.1, -0.05) is 0 Å². The van der Waals surface area contributed by atoms with Crippen LogP contribution in [0.1, 0.15) is 102 Å². The van der Waals surface area contributed by atoms with E-state index >= 15 is 0 Å². The van der Waals surface area contributed by atoms with Gasteiger partial charge in [0.1, 0.15) is 0 Å². The van der Waals surface area contributed by atoms with E-state index in [1.54, 1.807) is 33.4 Å². The van der Waals surface area contributed by atoms with E-state index in [2.05, 4.69) is 86.7 Å². The predicted molar refractivity (Wildman–Crippen MR) is 164 cm³/mol. The Bertz CT molecular complexity index is 1160. The van der Waals surface area contributed by atoms with Gasteiger partial charge in [-0.05, 0) is 0 Å². The fourth-order valence-electron chi connectivity index (χ4n) is 8.83. The van der Waals surface area contributed by atoms with Gasteiger partial charge >= 0.3 is 244 Å². The molecule has 6 rings (SSSR count). The second kappa shape index (κ2) is 12.4. The van der Waals surface area contributed by atoms with Gasteiger partial charge in [0, 0.05) is 0 Å². The molecule has 4 aliphatic rings. The summed E-state index contributed by atoms with van der Waals surface area (Å²) in [6.07, 6.45) is 22.1. The Morgan fingerprint density at radius 3 is 1.31 bits per heavy atom. The third-order valence-electron chi connectivity index (χ3n) is 10.8. The number of allylic oxidation sites excluding steroid dienone is 8. The summed E-state index contributed by atoms with van der Waals surface area (Å²) in [7, 11) is 0. The van der Waals surface area contributed by atoms with E-state index in [9.17, 15) is 0 Å². The van der Waals surface area contributed by atoms with Crippen molar-refractivity contribution in [1.82, 2.24) is 0 Å². The fraction of sp³-hybridized carbons (Fsp3) is 0.474. The molecule has 204 valence electrons. The Labute approximate surface area is 242 Å². The van der Waals surface area contributed by atoms with Crippen LogP contribution >= 0.6 is 0 Å². The van der Waals surface area contributed by atoms with Gasteiger partial charge in [0.25, 0.3) is 0 Å². The monoisotopic (exact) mass is 594 g/mol. The van der Waals surface area contributed by atoms with Crippen molar-refractivity contribution in [2.75, 3.05) is 0 Å². The first-order valence-electron chi connectivity index (χ1n) is 16.0. The summed E-state index contributed by atoms with van der Waals surface area (Å²) >= 11 is -3.18. The van der Waals surface area contributed by atoms with Crippen molar-refractivity contribution in [3.63, 3.8) is 0 Å². The van der Waals surface area contributed by atoms with Crippen LogP contribution in [0.25, 0.3) is 0 Å². The minimum absolute atomic E-state index is 0.809. The van der Waals surface area contributed by atoms with Gasteiger partial charge in [-0.25, -0.2) is 0 Å². The molecule has 0 aromatic heterocycles. The van der Waals surface area contributed by atoms with Crippen LogP contribution in [0.3, 0.4) is 0 Å². The van der Waals surface area contributed by atoms with E-state index in [0.29, 0.717) is 0 Å². The third-order valence-corrected chi connectivity index (χ3v) is 24.3. The molecule has 0 bridgehead atoms. The Hall–Kier alpha value is -1.72. The van der Waals surface area contributed by atoms with Crippen LogP contribution in [0.4, 0.5) is 0 Å². The molecule has 0 N–H and O–H groups in total. The van der Waals surface area contributed by atoms with Crippen molar-refractivity contribution in [3.05, 3.63) is 113 Å². The standard InChI is InChI=1S/2C12H17.2C7H7.Zr/c2*1-10-6-5-9-12(10)11-7-3-2-4-8-11;2*1-7-5-3-2-4-6-7;/h2*9,11H,2-5,7-8H2,1H3;2*2-6H,1H2;. The molecular formula is C38H48Zr. The van der Waals surface area contributed by atoms with Crippen molar-refractivity contribution in [2.45, 2.75) is 99.2 Å². The molecule has 2 saturated carbocycles. The SMILES string of the molecule is CC1=[C]([Zr]([CH2]c2ccccc2)([CH2]c2ccccc2)[C]2=C(C)C(C3CCCCC3)=CC2)CC=C1C1CCCCC1. The predicted octanol–water partition coefficient (Wildman–Crippen LogP) is 10.9. The zero-order chi connectivity index (χ0) is 26.7. The molecule has 0 aliphatic heterocycles. The first kappa shape index (κ1) is 27.5. The molecule has 1 heteroatoms. The van der Waals surface area contributed by atoms with E-state index in [1.165, 1.54) is 85.3 Å². The quantitative estimate of drug-likeness (QED) is 0.285. The van der Waals surface area contributed by atoms with Crippen molar-refractivity contribution >= 4 is 0 Å². The Kier molecular flexibility index (Phi) is 8.75. The summed E-state index contributed by atoms with van der Waals surface area (Å²) in [5.74, 6) is 1.62. The summed E-state index contributed by atoms with van der Waals surface area (Å²) in [6.45, 7) is 5.09. The Morgan fingerprint density at radius 2 is 0.923 bits per heavy atom. The number of hydrogen-bond donors (Lipinski definition) is 0. The van der Waals surface area contributed by atoms with E-state index in [4.69, 9.17) is 0 Å². The van der Waals surface area contributed by atoms with E-state index in [0.717, 1.165) is 11.8 Å². The van der Waals surface area contributed by atoms with Crippen LogP contribution in [0, 0.1) is 11.8 Å². The third kappa shape index (κ3) is 5.73. The van der Waals surface area contributed by atoms with Crippen molar-refractivity contribution in [2.24, 2.45) is 11.8 Å². The average Bonchev–Trinajstić information content (AvgIpc) is 3.57. The number of benzene rings is 2. The van der Waals surface area contributed by atoms with Gasteiger partial charge in [-0.3, -0.25) is 0 Å². The average molecular weight is 596 g/mol. The molecule has 4 aliphatic carbocycles. The molecule has 39 heavy (non-hydrogen) atoms. The molecule has 0 amide bonds. The van der Waals surface area contributed by atoms with Gasteiger partial charge in [0.05, 0.1) is 0 Å². The molecule has 0 unspecified atom stereocenters. The van der Waals surface area contributed by atoms with E-state index in [1.807, 2.05) is 6.56 Å². The summed E-state index contributed by atoms with van der Waals surface area (Å²) in [4.78, 5) is 0. The fourth-order valence-corrected chi connectivity index (χ4v) is 23.4. The van der Waals surface area contributed by atoms with Crippen molar-refractivity contribution < 1.29 is 20.3 Å². The van der Waals surface area contributed by atoms with Crippen LogP contribution in [-0.2, 0) is 28.5 Å². The molecule has 0 saturated heterocycles. The van der Waals surface area contributed by atoms with Crippen LogP contribution in [0.5, 0.6) is 0 Å². The van der Waals surface area contributed by atoms with Gasteiger partial charge in [0.15, 0.2) is 0 Å². The first-order chi connectivity index (χ1) is 19.2. The molecule has 0 spiro atoms. The van der Waals surface area contributed by atoms with E-state index in [-0.39, 0.29) is 0 Å². The topological polar surface area (TPSA) is 0 Å². The maximum absolute atomic E-state index is 3.18. The molecule has 2 fully saturated rings. The minimum atomic E-state index is -3.18. The summed E-state index contributed by atoms with van der Waals surface area (Å²) in [6, 6.07) is 23.2. The van der Waals surface area contributed by atoms with Gasteiger partial charge in [-0.15, -0.1) is 0 Å². The van der Waals surface area contributed by atoms with Crippen molar-refractivity contribution in [1.29, 1.82) is 0 Å². The van der Waals surface area contributed by atoms with Gasteiger partial charge < -0.3 is 0 Å². The molecule has 0 atom stereocenters. The summed E-state index contributed by atoms with van der Waals surface area (Å²) < 4.78 is 6.48. The number of rotatable bonds is 8. The Morgan fingerprint density at radius 1 is 0.538 bits per heavy atom. The normalized spacial score (nSPS) is 21.5. The summed E-state index contributed by atoms with van der Waals surface area (Å²) in [5.41, 5.74) is 10.1. The van der Waals surface area contributed by atoms with Crippen LogP contribution in [-0.4, -0.2) is 0 Å². The summed E-state index contributed by atoms with van der Waals surface area (Å²) in [5, 5.41) is 0. The molecule has 0 nitrogen and oxygen atoms in total. The van der Waals surface area contributed by atoms with Gasteiger partial charge in [0.2, 0.25) is 0 Å². The van der Waals surface area contributed by atoms with Gasteiger partial charge in [-0.2, -0.15) is 0 Å². The van der Waals surface area contributed by atoms with Crippen LogP contribution in [0.2, 0.25) is 0 Å². The molecular weight excluding hydrogens is 548 g/mol. The first-order valence-corrected chi connectivity index (χ1v) is 22.0. The van der Waals surface area contributed by atoms with Crippen molar-refractivity contribution in [3.8, 4) is 0 Å².